The highest BCUT2D eigenvalue weighted by Crippen LogP contribution is 2.19. The maximum Gasteiger partial charge on any atom is 0.349 e. The Labute approximate surface area is 118 Å². The summed E-state index contributed by atoms with van der Waals surface area (Å²) in [4.78, 5) is 17.0. The molecule has 0 bridgehead atoms. The highest BCUT2D eigenvalue weighted by Gasteiger charge is 2.17. The second-order valence-electron chi connectivity index (χ2n) is 4.83. The molecule has 0 aliphatic carbocycles. The molecule has 0 saturated carbocycles. The van der Waals surface area contributed by atoms with Crippen LogP contribution in [-0.2, 0) is 11.3 Å². The summed E-state index contributed by atoms with van der Waals surface area (Å²) >= 11 is 0. The van der Waals surface area contributed by atoms with Gasteiger partial charge in [-0.15, -0.1) is 0 Å². The maximum absolute atomic E-state index is 12.0. The third-order valence-corrected chi connectivity index (χ3v) is 2.58. The number of aromatic hydroxyl groups is 1. The Bertz CT molecular complexity index is 543. The fourth-order valence-electron chi connectivity index (χ4n) is 1.75. The monoisotopic (exact) mass is 279 g/mol. The van der Waals surface area contributed by atoms with Crippen molar-refractivity contribution in [2.75, 3.05) is 6.61 Å². The minimum atomic E-state index is -0.594. The van der Waals surface area contributed by atoms with Crippen molar-refractivity contribution < 1.29 is 14.4 Å². The van der Waals surface area contributed by atoms with Crippen molar-refractivity contribution >= 4 is 5.71 Å². The Morgan fingerprint density at radius 2 is 2.30 bits per heavy atom. The first-order valence-electron chi connectivity index (χ1n) is 6.65. The van der Waals surface area contributed by atoms with Gasteiger partial charge in [0.2, 0.25) is 0 Å². The summed E-state index contributed by atoms with van der Waals surface area (Å²) in [6, 6.07) is 1.47. The van der Waals surface area contributed by atoms with Crippen LogP contribution in [0.4, 0.5) is 0 Å². The number of rotatable bonds is 7. The molecule has 5 nitrogen and oxygen atoms in total. The van der Waals surface area contributed by atoms with Crippen LogP contribution in [0.25, 0.3) is 0 Å². The molecule has 110 valence electrons. The quantitative estimate of drug-likeness (QED) is 0.360. The highest BCUT2D eigenvalue weighted by atomic mass is 16.6. The Hall–Kier alpha value is -2.04. The van der Waals surface area contributed by atoms with E-state index in [1.54, 1.807) is 6.08 Å². The van der Waals surface area contributed by atoms with Gasteiger partial charge in [-0.2, -0.15) is 0 Å². The van der Waals surface area contributed by atoms with Crippen LogP contribution in [-0.4, -0.2) is 17.4 Å². The molecular weight excluding hydrogens is 258 g/mol. The molecule has 0 aromatic carbocycles. The van der Waals surface area contributed by atoms with Gasteiger partial charge < -0.3 is 14.4 Å². The molecule has 0 unspecified atom stereocenters. The van der Waals surface area contributed by atoms with Crippen LogP contribution in [0.3, 0.4) is 0 Å². The van der Waals surface area contributed by atoms with Crippen molar-refractivity contribution in [2.45, 2.75) is 33.6 Å². The minimum Gasteiger partial charge on any atom is -0.507 e. The summed E-state index contributed by atoms with van der Waals surface area (Å²) in [6.07, 6.45) is 2.58. The van der Waals surface area contributed by atoms with Gasteiger partial charge in [0.15, 0.2) is 0 Å². The first-order valence-corrected chi connectivity index (χ1v) is 6.65. The predicted octanol–water partition coefficient (Wildman–Crippen LogP) is 2.86. The smallest absolute Gasteiger partial charge is 0.349 e. The van der Waals surface area contributed by atoms with Crippen LogP contribution in [0, 0.1) is 5.92 Å². The lowest BCUT2D eigenvalue weighted by molar-refractivity contribution is 0.174. The van der Waals surface area contributed by atoms with Gasteiger partial charge in [0.1, 0.15) is 23.7 Å². The second-order valence-corrected chi connectivity index (χ2v) is 4.83. The zero-order chi connectivity index (χ0) is 15.1. The molecule has 1 rings (SSSR count). The predicted molar refractivity (Wildman–Crippen MR) is 78.2 cm³/mol. The number of oxime groups is 1. The Morgan fingerprint density at radius 3 is 2.80 bits per heavy atom. The van der Waals surface area contributed by atoms with E-state index < -0.39 is 5.63 Å². The molecule has 0 amide bonds. The summed E-state index contributed by atoms with van der Waals surface area (Å²) < 4.78 is 5.22. The zero-order valence-corrected chi connectivity index (χ0v) is 12.2. The van der Waals surface area contributed by atoms with Crippen molar-refractivity contribution in [3.05, 3.63) is 40.5 Å². The molecular formula is C15H21NO4. The van der Waals surface area contributed by atoms with Crippen LogP contribution in [0.15, 0.2) is 33.1 Å². The lowest BCUT2D eigenvalue weighted by Crippen LogP contribution is -2.16. The second kappa shape index (κ2) is 7.53. The van der Waals surface area contributed by atoms with Crippen LogP contribution >= 0.6 is 0 Å². The molecule has 0 atom stereocenters. The summed E-state index contributed by atoms with van der Waals surface area (Å²) in [6.45, 7) is 9.57. The zero-order valence-electron chi connectivity index (χ0n) is 12.2. The van der Waals surface area contributed by atoms with E-state index in [0.717, 1.165) is 0 Å². The SMILES string of the molecule is C=CCON=C(CC)c1c(O)cc(CC(C)C)oc1=O. The van der Waals surface area contributed by atoms with E-state index in [1.165, 1.54) is 6.07 Å². The Kier molecular flexibility index (Phi) is 6.03. The van der Waals surface area contributed by atoms with E-state index in [0.29, 0.717) is 30.2 Å². The van der Waals surface area contributed by atoms with Crippen LogP contribution in [0.2, 0.25) is 0 Å². The van der Waals surface area contributed by atoms with Gasteiger partial charge in [-0.05, 0) is 12.3 Å². The van der Waals surface area contributed by atoms with Crippen molar-refractivity contribution in [1.29, 1.82) is 0 Å². The Balaban J connectivity index is 3.14. The summed E-state index contributed by atoms with van der Waals surface area (Å²) in [5.41, 5.74) is -0.179. The Morgan fingerprint density at radius 1 is 1.60 bits per heavy atom. The van der Waals surface area contributed by atoms with Gasteiger partial charge in [-0.3, -0.25) is 0 Å². The molecule has 20 heavy (non-hydrogen) atoms. The van der Waals surface area contributed by atoms with Crippen LogP contribution in [0.5, 0.6) is 5.75 Å². The van der Waals surface area contributed by atoms with Gasteiger partial charge in [0.05, 0.1) is 5.71 Å². The highest BCUT2D eigenvalue weighted by molar-refractivity contribution is 6.01. The molecule has 1 N–H and O–H groups in total. The lowest BCUT2D eigenvalue weighted by Gasteiger charge is -2.08. The van der Waals surface area contributed by atoms with Gasteiger partial charge in [-0.1, -0.05) is 38.6 Å². The molecule has 5 heteroatoms. The molecule has 0 spiro atoms. The van der Waals surface area contributed by atoms with Crippen molar-refractivity contribution in [2.24, 2.45) is 11.1 Å². The molecule has 0 radical (unpaired) electrons. The summed E-state index contributed by atoms with van der Waals surface area (Å²) in [5.74, 6) is 0.673. The van der Waals surface area contributed by atoms with Crippen LogP contribution < -0.4 is 5.63 Å². The van der Waals surface area contributed by atoms with Crippen LogP contribution in [0.1, 0.15) is 38.5 Å². The number of hydrogen-bond acceptors (Lipinski definition) is 5. The molecule has 1 aromatic rings. The fourth-order valence-corrected chi connectivity index (χ4v) is 1.75. The summed E-state index contributed by atoms with van der Waals surface area (Å²) in [5, 5.41) is 13.9. The van der Waals surface area contributed by atoms with Crippen molar-refractivity contribution in [3.8, 4) is 5.75 Å². The normalized spacial score (nSPS) is 11.7. The largest absolute Gasteiger partial charge is 0.507 e. The van der Waals surface area contributed by atoms with E-state index in [-0.39, 0.29) is 17.9 Å². The van der Waals surface area contributed by atoms with E-state index in [1.807, 2.05) is 20.8 Å². The van der Waals surface area contributed by atoms with Gasteiger partial charge in [0.25, 0.3) is 0 Å². The first kappa shape index (κ1) is 16.0. The molecule has 0 saturated heterocycles. The molecule has 0 aliphatic rings. The molecule has 1 aromatic heterocycles. The van der Waals surface area contributed by atoms with E-state index in [4.69, 9.17) is 9.25 Å². The molecule has 1 heterocycles. The topological polar surface area (TPSA) is 72.0 Å². The maximum atomic E-state index is 12.0. The third-order valence-electron chi connectivity index (χ3n) is 2.58. The van der Waals surface area contributed by atoms with Gasteiger partial charge >= 0.3 is 5.63 Å². The lowest BCUT2D eigenvalue weighted by atomic mass is 10.1. The number of nitrogens with zero attached hydrogens (tertiary/aromatic N) is 1. The van der Waals surface area contributed by atoms with Gasteiger partial charge in [0, 0.05) is 12.5 Å². The number of hydrogen-bond donors (Lipinski definition) is 1. The summed E-state index contributed by atoms with van der Waals surface area (Å²) in [7, 11) is 0. The van der Waals surface area contributed by atoms with Gasteiger partial charge in [-0.25, -0.2) is 4.79 Å². The standard InChI is InChI=1S/C15H21NO4/c1-5-7-19-16-12(6-2)14-13(17)9-11(8-10(3)4)20-15(14)18/h5,9-10,17H,1,6-8H2,2-4H3. The van der Waals surface area contributed by atoms with Crippen molar-refractivity contribution in [1.82, 2.24) is 0 Å². The molecule has 0 fully saturated rings. The molecule has 0 aliphatic heterocycles. The minimum absolute atomic E-state index is 0.0593. The van der Waals surface area contributed by atoms with Crippen molar-refractivity contribution in [3.63, 3.8) is 0 Å². The fraction of sp³-hybridized carbons (Fsp3) is 0.467. The van der Waals surface area contributed by atoms with E-state index >= 15 is 0 Å². The average molecular weight is 279 g/mol. The van der Waals surface area contributed by atoms with E-state index in [9.17, 15) is 9.90 Å². The van der Waals surface area contributed by atoms with E-state index in [2.05, 4.69) is 11.7 Å². The average Bonchev–Trinajstić information content (AvgIpc) is 2.35. The first-order chi connectivity index (χ1) is 9.49. The third kappa shape index (κ3) is 4.26.